The summed E-state index contributed by atoms with van der Waals surface area (Å²) in [5.74, 6) is 1.18. The van der Waals surface area contributed by atoms with Gasteiger partial charge in [-0.2, -0.15) is 0 Å². The number of hydrogen-bond donors (Lipinski definition) is 1. The molecule has 4 rings (SSSR count). The monoisotopic (exact) mass is 522 g/mol. The van der Waals surface area contributed by atoms with Gasteiger partial charge in [0.25, 0.3) is 0 Å². The van der Waals surface area contributed by atoms with Gasteiger partial charge in [-0.3, -0.25) is 0 Å². The number of halogens is 1. The molecule has 0 saturated heterocycles. The Morgan fingerprint density at radius 1 is 0.697 bits per heavy atom. The van der Waals surface area contributed by atoms with Gasteiger partial charge in [0, 0.05) is 0 Å². The van der Waals surface area contributed by atoms with Crippen molar-refractivity contribution in [3.8, 4) is 11.5 Å². The summed E-state index contributed by atoms with van der Waals surface area (Å²) < 4.78 is 11.2. The molecule has 0 atom stereocenters. The van der Waals surface area contributed by atoms with Crippen LogP contribution in [-0.4, -0.2) is 19.3 Å². The van der Waals surface area contributed by atoms with Crippen molar-refractivity contribution in [3.63, 3.8) is 0 Å². The van der Waals surface area contributed by atoms with Crippen LogP contribution in [0.1, 0.15) is 11.1 Å². The molecule has 0 aliphatic rings. The van der Waals surface area contributed by atoms with Crippen molar-refractivity contribution in [2.45, 2.75) is 12.8 Å². The van der Waals surface area contributed by atoms with Crippen LogP contribution in [0.15, 0.2) is 103 Å². The molecule has 0 radical (unpaired) electrons. The average molecular weight is 523 g/mol. The fraction of sp³-hybridized carbons (Fsp3) is 0.143. The van der Waals surface area contributed by atoms with Crippen LogP contribution in [0.3, 0.4) is 0 Å². The Bertz CT molecular complexity index is 1090. The first kappa shape index (κ1) is 23.5. The van der Waals surface area contributed by atoms with Crippen molar-refractivity contribution in [3.05, 3.63) is 114 Å². The van der Waals surface area contributed by atoms with Crippen LogP contribution in [-0.2, 0) is 12.8 Å². The maximum atomic E-state index is 10.1. The Kier molecular flexibility index (Phi) is 6.90. The van der Waals surface area contributed by atoms with Crippen LogP contribution >= 0.6 is 20.8 Å². The SMILES string of the molecule is COc1cc(CP(Br)(c2ccccc2)(c2ccccc2)c2ccccc2)cc(CO)c1OC. The number of aliphatic hydroxyl groups excluding tert-OH is 1. The van der Waals surface area contributed by atoms with Crippen molar-refractivity contribution in [1.82, 2.24) is 0 Å². The predicted molar refractivity (Wildman–Crippen MR) is 143 cm³/mol. The zero-order valence-corrected chi connectivity index (χ0v) is 21.3. The maximum absolute atomic E-state index is 10.1. The van der Waals surface area contributed by atoms with Crippen LogP contribution in [0.25, 0.3) is 0 Å². The molecule has 33 heavy (non-hydrogen) atoms. The van der Waals surface area contributed by atoms with E-state index in [1.807, 2.05) is 30.3 Å². The third kappa shape index (κ3) is 4.08. The Morgan fingerprint density at radius 3 is 1.52 bits per heavy atom. The van der Waals surface area contributed by atoms with E-state index in [4.69, 9.17) is 9.47 Å². The zero-order chi connectivity index (χ0) is 23.3. The second kappa shape index (κ2) is 9.69. The minimum absolute atomic E-state index is 0.131. The quantitative estimate of drug-likeness (QED) is 0.309. The van der Waals surface area contributed by atoms with Crippen molar-refractivity contribution < 1.29 is 14.6 Å². The molecule has 0 aliphatic heterocycles. The summed E-state index contributed by atoms with van der Waals surface area (Å²) >= 11 is 4.48. The van der Waals surface area contributed by atoms with Crippen LogP contribution in [0.4, 0.5) is 0 Å². The molecule has 3 nitrogen and oxygen atoms in total. The molecule has 0 fully saturated rings. The molecule has 0 bridgehead atoms. The zero-order valence-electron chi connectivity index (χ0n) is 18.8. The van der Waals surface area contributed by atoms with E-state index in [2.05, 4.69) is 88.3 Å². The molecule has 0 aromatic heterocycles. The van der Waals surface area contributed by atoms with Crippen LogP contribution < -0.4 is 25.4 Å². The average Bonchev–Trinajstić information content (AvgIpc) is 2.89. The van der Waals surface area contributed by atoms with Crippen LogP contribution in [0.2, 0.25) is 0 Å². The van der Waals surface area contributed by atoms with E-state index in [1.54, 1.807) is 14.2 Å². The first-order valence-electron chi connectivity index (χ1n) is 10.8. The fourth-order valence-corrected chi connectivity index (χ4v) is 12.3. The number of methoxy groups -OCH3 is 2. The molecule has 5 heteroatoms. The van der Waals surface area contributed by atoms with E-state index in [1.165, 1.54) is 15.9 Å². The summed E-state index contributed by atoms with van der Waals surface area (Å²) in [6.45, 7) is -0.131. The second-order valence-corrected chi connectivity index (χ2v) is 16.9. The summed E-state index contributed by atoms with van der Waals surface area (Å²) in [5.41, 5.74) is 1.77. The van der Waals surface area contributed by atoms with Gasteiger partial charge in [-0.15, -0.1) is 0 Å². The van der Waals surface area contributed by atoms with Crippen LogP contribution in [0.5, 0.6) is 11.5 Å². The molecular weight excluding hydrogens is 495 g/mol. The standard InChI is InChI=1S/C28H28BrO3P/c1-31-27-19-22(18-23(20-30)28(27)32-2)21-33(29,24-12-6-3-7-13-24,25-14-8-4-9-15-25)26-16-10-5-11-17-26/h3-19,30H,20-21H2,1-2H3. The molecule has 4 aromatic rings. The molecule has 170 valence electrons. The summed E-state index contributed by atoms with van der Waals surface area (Å²) in [7, 11) is 3.22. The van der Waals surface area contributed by atoms with Gasteiger partial charge in [0.15, 0.2) is 0 Å². The van der Waals surface area contributed by atoms with Crippen molar-refractivity contribution >= 4 is 36.7 Å². The molecule has 0 spiro atoms. The van der Waals surface area contributed by atoms with Crippen molar-refractivity contribution in [2.75, 3.05) is 14.2 Å². The topological polar surface area (TPSA) is 38.7 Å². The van der Waals surface area contributed by atoms with Gasteiger partial charge in [-0.05, 0) is 0 Å². The molecule has 1 N–H and O–H groups in total. The predicted octanol–water partition coefficient (Wildman–Crippen LogP) is 5.54. The third-order valence-corrected chi connectivity index (χ3v) is 15.7. The third-order valence-electron chi connectivity index (χ3n) is 6.15. The van der Waals surface area contributed by atoms with E-state index >= 15 is 0 Å². The molecular formula is C28H28BrO3P. The Hall–Kier alpha value is -2.65. The van der Waals surface area contributed by atoms with Gasteiger partial charge in [0.1, 0.15) is 0 Å². The van der Waals surface area contributed by atoms with Gasteiger partial charge in [0.2, 0.25) is 0 Å². The van der Waals surface area contributed by atoms with E-state index in [0.717, 1.165) is 5.56 Å². The Labute approximate surface area is 203 Å². The van der Waals surface area contributed by atoms with Gasteiger partial charge in [0.05, 0.1) is 0 Å². The summed E-state index contributed by atoms with van der Waals surface area (Å²) in [5, 5.41) is 10.6. The Balaban J connectivity index is 2.07. The molecule has 0 heterocycles. The van der Waals surface area contributed by atoms with Gasteiger partial charge in [-0.1, -0.05) is 0 Å². The molecule has 0 unspecified atom stereocenters. The number of ether oxygens (including phenoxy) is 2. The normalized spacial score (nSPS) is 12.5. The van der Waals surface area contributed by atoms with Crippen molar-refractivity contribution in [1.29, 1.82) is 0 Å². The first-order chi connectivity index (χ1) is 16.0. The van der Waals surface area contributed by atoms with E-state index < -0.39 is 5.31 Å². The Morgan fingerprint density at radius 2 is 1.15 bits per heavy atom. The number of hydrogen-bond acceptors (Lipinski definition) is 3. The molecule has 0 amide bonds. The van der Waals surface area contributed by atoms with Crippen molar-refractivity contribution in [2.24, 2.45) is 0 Å². The second-order valence-electron chi connectivity index (χ2n) is 8.00. The summed E-state index contributed by atoms with van der Waals surface area (Å²) in [6, 6.07) is 36.0. The number of aliphatic hydroxyl groups is 1. The van der Waals surface area contributed by atoms with Gasteiger partial charge < -0.3 is 0 Å². The van der Waals surface area contributed by atoms with E-state index in [9.17, 15) is 5.11 Å². The fourth-order valence-electron chi connectivity index (χ4n) is 4.60. The molecule has 0 saturated carbocycles. The summed E-state index contributed by atoms with van der Waals surface area (Å²) in [4.78, 5) is 0. The van der Waals surface area contributed by atoms with E-state index in [-0.39, 0.29) is 6.61 Å². The number of benzene rings is 4. The number of rotatable bonds is 8. The molecule has 0 aliphatic carbocycles. The molecule has 4 aromatic carbocycles. The van der Waals surface area contributed by atoms with Gasteiger partial charge >= 0.3 is 204 Å². The van der Waals surface area contributed by atoms with E-state index in [0.29, 0.717) is 23.2 Å². The summed E-state index contributed by atoms with van der Waals surface area (Å²) in [6.07, 6.45) is 0.705. The minimum atomic E-state index is -3.15. The van der Waals surface area contributed by atoms with Crippen LogP contribution in [0, 0.1) is 0 Å². The first-order valence-corrected chi connectivity index (χ1v) is 15.2. The van der Waals surface area contributed by atoms with Gasteiger partial charge in [-0.25, -0.2) is 0 Å².